The number of hydrogen-bond acceptors (Lipinski definition) is 4. The normalized spacial score (nSPS) is 12.0. The average molecular weight is 356 g/mol. The van der Waals surface area contributed by atoms with Crippen LogP contribution in [0.1, 0.15) is 39.2 Å². The van der Waals surface area contributed by atoms with Gasteiger partial charge in [0, 0.05) is 6.61 Å². The molecule has 0 saturated heterocycles. The molecule has 2 aromatic rings. The minimum atomic E-state index is -0.523. The van der Waals surface area contributed by atoms with Gasteiger partial charge in [0.1, 0.15) is 18.1 Å². The van der Waals surface area contributed by atoms with Gasteiger partial charge in [-0.15, -0.1) is 0 Å². The van der Waals surface area contributed by atoms with Crippen molar-refractivity contribution in [2.24, 2.45) is 5.92 Å². The van der Waals surface area contributed by atoms with Crippen LogP contribution in [0.5, 0.6) is 11.5 Å². The van der Waals surface area contributed by atoms with E-state index < -0.39 is 6.10 Å². The first-order valence-electron chi connectivity index (χ1n) is 9.20. The second-order valence-corrected chi connectivity index (χ2v) is 6.56. The summed E-state index contributed by atoms with van der Waals surface area (Å²) in [6, 6.07) is 17.1. The molecule has 0 heterocycles. The number of para-hydroxylation sites is 1. The Balaban J connectivity index is 1.91. The molecule has 4 heteroatoms. The van der Waals surface area contributed by atoms with Crippen LogP contribution in [0.3, 0.4) is 0 Å². The summed E-state index contributed by atoms with van der Waals surface area (Å²) in [5.41, 5.74) is 0.878. The van der Waals surface area contributed by atoms with Crippen LogP contribution in [0.4, 0.5) is 0 Å². The fourth-order valence-corrected chi connectivity index (χ4v) is 2.45. The maximum Gasteiger partial charge on any atom is 0.335 e. The number of carbonyl (C=O) groups is 1. The van der Waals surface area contributed by atoms with Gasteiger partial charge in [0.2, 0.25) is 0 Å². The SMILES string of the molecule is CCCCOC(C(=O)OCc1cccc(Oc2ccccc2)c1)C(C)C. The predicted molar refractivity (Wildman–Crippen MR) is 102 cm³/mol. The van der Waals surface area contributed by atoms with Crippen molar-refractivity contribution in [3.63, 3.8) is 0 Å². The second kappa shape index (κ2) is 10.6. The molecular formula is C22H28O4. The van der Waals surface area contributed by atoms with Crippen LogP contribution < -0.4 is 4.74 Å². The zero-order valence-corrected chi connectivity index (χ0v) is 15.8. The number of benzene rings is 2. The monoisotopic (exact) mass is 356 g/mol. The molecule has 140 valence electrons. The van der Waals surface area contributed by atoms with Crippen LogP contribution in [0, 0.1) is 5.92 Å². The van der Waals surface area contributed by atoms with Gasteiger partial charge in [-0.25, -0.2) is 4.79 Å². The molecule has 2 rings (SSSR count). The molecule has 1 unspecified atom stereocenters. The van der Waals surface area contributed by atoms with Crippen molar-refractivity contribution in [3.8, 4) is 11.5 Å². The Morgan fingerprint density at radius 2 is 1.73 bits per heavy atom. The highest BCUT2D eigenvalue weighted by Crippen LogP contribution is 2.22. The third-order valence-electron chi connectivity index (χ3n) is 3.89. The van der Waals surface area contributed by atoms with Gasteiger partial charge >= 0.3 is 5.97 Å². The number of unbranched alkanes of at least 4 members (excludes halogenated alkanes) is 1. The van der Waals surface area contributed by atoms with Crippen LogP contribution in [0.25, 0.3) is 0 Å². The average Bonchev–Trinajstić information content (AvgIpc) is 2.64. The van der Waals surface area contributed by atoms with Gasteiger partial charge in [0.25, 0.3) is 0 Å². The van der Waals surface area contributed by atoms with Crippen LogP contribution in [-0.4, -0.2) is 18.7 Å². The number of rotatable bonds is 10. The van der Waals surface area contributed by atoms with Gasteiger partial charge in [0.05, 0.1) is 0 Å². The zero-order chi connectivity index (χ0) is 18.8. The molecule has 0 aromatic heterocycles. The minimum Gasteiger partial charge on any atom is -0.459 e. The minimum absolute atomic E-state index is 0.0760. The third kappa shape index (κ3) is 6.52. The van der Waals surface area contributed by atoms with Crippen molar-refractivity contribution in [2.75, 3.05) is 6.61 Å². The van der Waals surface area contributed by atoms with E-state index in [0.29, 0.717) is 12.4 Å². The molecule has 0 aliphatic carbocycles. The standard InChI is InChI=1S/C22H28O4/c1-4-5-14-24-21(17(2)3)22(23)25-16-18-10-9-13-20(15-18)26-19-11-7-6-8-12-19/h6-13,15,17,21H,4-5,14,16H2,1-3H3. The first-order valence-corrected chi connectivity index (χ1v) is 9.20. The lowest BCUT2D eigenvalue weighted by Crippen LogP contribution is -2.31. The molecule has 0 aliphatic heterocycles. The maximum absolute atomic E-state index is 12.3. The molecule has 0 bridgehead atoms. The van der Waals surface area contributed by atoms with E-state index in [9.17, 15) is 4.79 Å². The Hall–Kier alpha value is -2.33. The molecule has 2 aromatic carbocycles. The molecule has 26 heavy (non-hydrogen) atoms. The molecule has 4 nitrogen and oxygen atoms in total. The van der Waals surface area contributed by atoms with E-state index in [4.69, 9.17) is 14.2 Å². The lowest BCUT2D eigenvalue weighted by atomic mass is 10.1. The highest BCUT2D eigenvalue weighted by molar-refractivity contribution is 5.75. The van der Waals surface area contributed by atoms with Crippen molar-refractivity contribution in [1.82, 2.24) is 0 Å². The van der Waals surface area contributed by atoms with Crippen molar-refractivity contribution in [1.29, 1.82) is 0 Å². The van der Waals surface area contributed by atoms with Gasteiger partial charge in [-0.05, 0) is 42.2 Å². The number of ether oxygens (including phenoxy) is 3. The summed E-state index contributed by atoms with van der Waals surface area (Å²) in [6.45, 7) is 6.80. The van der Waals surface area contributed by atoms with Gasteiger partial charge in [0.15, 0.2) is 6.10 Å². The first-order chi connectivity index (χ1) is 12.6. The topological polar surface area (TPSA) is 44.8 Å². The molecule has 0 fully saturated rings. The summed E-state index contributed by atoms with van der Waals surface area (Å²) in [5.74, 6) is 1.24. The third-order valence-corrected chi connectivity index (χ3v) is 3.89. The Bertz CT molecular complexity index is 667. The predicted octanol–water partition coefficient (Wildman–Crippen LogP) is 5.36. The van der Waals surface area contributed by atoms with Gasteiger partial charge in [-0.3, -0.25) is 0 Å². The van der Waals surface area contributed by atoms with E-state index in [1.54, 1.807) is 0 Å². The summed E-state index contributed by atoms with van der Waals surface area (Å²) in [6.07, 6.45) is 1.45. The van der Waals surface area contributed by atoms with Crippen molar-refractivity contribution in [2.45, 2.75) is 46.3 Å². The quantitative estimate of drug-likeness (QED) is 0.424. The van der Waals surface area contributed by atoms with Gasteiger partial charge < -0.3 is 14.2 Å². The van der Waals surface area contributed by atoms with Crippen molar-refractivity contribution < 1.29 is 19.0 Å². The molecule has 0 radical (unpaired) electrons. The summed E-state index contributed by atoms with van der Waals surface area (Å²) in [7, 11) is 0. The van der Waals surface area contributed by atoms with E-state index in [2.05, 4.69) is 6.92 Å². The van der Waals surface area contributed by atoms with E-state index in [1.165, 1.54) is 0 Å². The van der Waals surface area contributed by atoms with E-state index in [0.717, 1.165) is 24.2 Å². The highest BCUT2D eigenvalue weighted by atomic mass is 16.6. The Morgan fingerprint density at radius 1 is 1.00 bits per heavy atom. The number of esters is 1. The first kappa shape index (κ1) is 20.0. The lowest BCUT2D eigenvalue weighted by molar-refractivity contribution is -0.161. The van der Waals surface area contributed by atoms with E-state index in [1.807, 2.05) is 68.4 Å². The fourth-order valence-electron chi connectivity index (χ4n) is 2.45. The highest BCUT2D eigenvalue weighted by Gasteiger charge is 2.24. The molecule has 1 atom stereocenters. The molecule has 0 aliphatic rings. The Morgan fingerprint density at radius 3 is 2.42 bits per heavy atom. The second-order valence-electron chi connectivity index (χ2n) is 6.56. The maximum atomic E-state index is 12.3. The summed E-state index contributed by atoms with van der Waals surface area (Å²) in [5, 5.41) is 0. The molecule has 0 saturated carbocycles. The number of carbonyl (C=O) groups excluding carboxylic acids is 1. The van der Waals surface area contributed by atoms with Crippen LogP contribution in [0.2, 0.25) is 0 Å². The molecule has 0 spiro atoms. The molecule has 0 N–H and O–H groups in total. The lowest BCUT2D eigenvalue weighted by Gasteiger charge is -2.20. The fraction of sp³-hybridized carbons (Fsp3) is 0.409. The number of hydrogen-bond donors (Lipinski definition) is 0. The van der Waals surface area contributed by atoms with Crippen LogP contribution >= 0.6 is 0 Å². The summed E-state index contributed by atoms with van der Waals surface area (Å²) >= 11 is 0. The van der Waals surface area contributed by atoms with Gasteiger partial charge in [-0.2, -0.15) is 0 Å². The largest absolute Gasteiger partial charge is 0.459 e. The Labute approximate surface area is 156 Å². The van der Waals surface area contributed by atoms with Crippen molar-refractivity contribution >= 4 is 5.97 Å². The zero-order valence-electron chi connectivity index (χ0n) is 15.8. The van der Waals surface area contributed by atoms with Gasteiger partial charge in [-0.1, -0.05) is 57.5 Å². The summed E-state index contributed by atoms with van der Waals surface area (Å²) in [4.78, 5) is 12.3. The van der Waals surface area contributed by atoms with Crippen LogP contribution in [-0.2, 0) is 20.9 Å². The molecular weight excluding hydrogens is 328 g/mol. The van der Waals surface area contributed by atoms with E-state index in [-0.39, 0.29) is 18.5 Å². The Kier molecular flexibility index (Phi) is 8.16. The molecule has 0 amide bonds. The summed E-state index contributed by atoms with van der Waals surface area (Å²) < 4.78 is 17.0. The van der Waals surface area contributed by atoms with E-state index >= 15 is 0 Å². The smallest absolute Gasteiger partial charge is 0.335 e. The van der Waals surface area contributed by atoms with Crippen molar-refractivity contribution in [3.05, 3.63) is 60.2 Å². The van der Waals surface area contributed by atoms with Crippen LogP contribution in [0.15, 0.2) is 54.6 Å².